The zero-order chi connectivity index (χ0) is 22.3. The van der Waals surface area contributed by atoms with Crippen LogP contribution >= 0.6 is 0 Å². The highest BCUT2D eigenvalue weighted by atomic mass is 19.4. The average Bonchev–Trinajstić information content (AvgIpc) is 3.28. The summed E-state index contributed by atoms with van der Waals surface area (Å²) in [7, 11) is 0. The van der Waals surface area contributed by atoms with E-state index >= 15 is 0 Å². The molecule has 1 aliphatic heterocycles. The Kier molecular flexibility index (Phi) is 5.51. The summed E-state index contributed by atoms with van der Waals surface area (Å²) in [5.41, 5.74) is -0.940. The highest BCUT2D eigenvalue weighted by Crippen LogP contribution is 2.34. The fourth-order valence-corrected chi connectivity index (χ4v) is 3.42. The molecule has 1 fully saturated rings. The number of ether oxygens (including phenoxy) is 1. The van der Waals surface area contributed by atoms with Gasteiger partial charge in [-0.3, -0.25) is 4.57 Å². The van der Waals surface area contributed by atoms with E-state index in [0.29, 0.717) is 6.07 Å². The summed E-state index contributed by atoms with van der Waals surface area (Å²) in [5, 5.41) is 32.1. The van der Waals surface area contributed by atoms with Crippen molar-refractivity contribution < 1.29 is 37.6 Å². The number of halogens is 4. The number of aliphatic hydroxyl groups excluding tert-OH is 3. The molecule has 4 rings (SSSR count). The third kappa shape index (κ3) is 3.92. The molecule has 2 aromatic heterocycles. The molecule has 13 heteroatoms. The van der Waals surface area contributed by atoms with E-state index in [1.165, 1.54) is 10.9 Å². The van der Waals surface area contributed by atoms with Gasteiger partial charge in [-0.2, -0.15) is 13.2 Å². The second-order valence-corrected chi connectivity index (χ2v) is 6.93. The molecule has 31 heavy (non-hydrogen) atoms. The number of fused-ring (bicyclic) bond motifs is 1. The van der Waals surface area contributed by atoms with Gasteiger partial charge < -0.3 is 25.4 Å². The molecule has 4 atom stereocenters. The normalized spacial score (nSPS) is 24.1. The Morgan fingerprint density at radius 1 is 1.13 bits per heavy atom. The number of benzene rings is 1. The first-order chi connectivity index (χ1) is 14.7. The minimum atomic E-state index is -4.73. The molecule has 9 nitrogen and oxygen atoms in total. The molecule has 0 radical (unpaired) electrons. The maximum absolute atomic E-state index is 13.3. The van der Waals surface area contributed by atoms with Crippen molar-refractivity contribution in [3.05, 3.63) is 47.8 Å². The van der Waals surface area contributed by atoms with E-state index in [1.807, 2.05) is 0 Å². The SMILES string of the molecule is OC[C@H]1O[C@@H](n2cnc3c(NCc4ccc(F)cc4C(F)(F)F)ncnc32)[C@H](O)[C@@H]1O. The smallest absolute Gasteiger partial charge is 0.394 e. The van der Waals surface area contributed by atoms with Crippen LogP contribution in [-0.2, 0) is 17.5 Å². The first kappa shape index (κ1) is 21.4. The van der Waals surface area contributed by atoms with Crippen LogP contribution in [0.1, 0.15) is 17.4 Å². The van der Waals surface area contributed by atoms with Crippen molar-refractivity contribution in [3.63, 3.8) is 0 Å². The molecule has 1 aliphatic rings. The molecule has 166 valence electrons. The van der Waals surface area contributed by atoms with Gasteiger partial charge in [0.05, 0.1) is 18.5 Å². The van der Waals surface area contributed by atoms with Gasteiger partial charge in [0.1, 0.15) is 30.5 Å². The van der Waals surface area contributed by atoms with E-state index in [-0.39, 0.29) is 29.1 Å². The third-order valence-corrected chi connectivity index (χ3v) is 4.97. The number of aromatic nitrogens is 4. The second kappa shape index (κ2) is 8.00. The fourth-order valence-electron chi connectivity index (χ4n) is 3.42. The van der Waals surface area contributed by atoms with E-state index in [9.17, 15) is 32.9 Å². The van der Waals surface area contributed by atoms with Gasteiger partial charge in [0, 0.05) is 6.54 Å². The highest BCUT2D eigenvalue weighted by Gasteiger charge is 2.44. The lowest BCUT2D eigenvalue weighted by atomic mass is 10.1. The Morgan fingerprint density at radius 2 is 1.90 bits per heavy atom. The standard InChI is InChI=1S/C18H17F4N5O4/c19-9-2-1-8(10(3-9)18(20,21)22)4-23-15-12-16(25-6-24-15)27(7-26-12)17-14(30)13(29)11(5-28)31-17/h1-3,6-7,11,13-14,17,28-30H,4-5H2,(H,23,24,25)/t11-,13-,14-,17-/m1/s1. The lowest BCUT2D eigenvalue weighted by Crippen LogP contribution is -2.33. The Labute approximate surface area is 172 Å². The van der Waals surface area contributed by atoms with Gasteiger partial charge in [-0.25, -0.2) is 19.3 Å². The Bertz CT molecular complexity index is 1090. The fraction of sp³-hybridized carbons (Fsp3) is 0.389. The molecular weight excluding hydrogens is 426 g/mol. The molecular formula is C18H17F4N5O4. The van der Waals surface area contributed by atoms with Crippen molar-refractivity contribution >= 4 is 17.0 Å². The third-order valence-electron chi connectivity index (χ3n) is 4.97. The molecule has 4 N–H and O–H groups in total. The largest absolute Gasteiger partial charge is 0.416 e. The van der Waals surface area contributed by atoms with Crippen LogP contribution < -0.4 is 5.32 Å². The van der Waals surface area contributed by atoms with Gasteiger partial charge in [0.25, 0.3) is 0 Å². The maximum Gasteiger partial charge on any atom is 0.416 e. The Balaban J connectivity index is 1.62. The molecule has 0 spiro atoms. The van der Waals surface area contributed by atoms with Gasteiger partial charge in [-0.05, 0) is 17.7 Å². The minimum absolute atomic E-state index is 0.105. The molecule has 0 aliphatic carbocycles. The number of alkyl halides is 3. The van der Waals surface area contributed by atoms with Crippen molar-refractivity contribution in [2.24, 2.45) is 0 Å². The van der Waals surface area contributed by atoms with Crippen LogP contribution in [0.25, 0.3) is 11.2 Å². The summed E-state index contributed by atoms with van der Waals surface area (Å²) in [5.74, 6) is -0.898. The van der Waals surface area contributed by atoms with E-state index in [4.69, 9.17) is 4.74 Å². The molecule has 0 unspecified atom stereocenters. The summed E-state index contributed by atoms with van der Waals surface area (Å²) < 4.78 is 59.7. The average molecular weight is 443 g/mol. The number of aliphatic hydroxyl groups is 3. The van der Waals surface area contributed by atoms with Gasteiger partial charge in [0.15, 0.2) is 23.2 Å². The van der Waals surface area contributed by atoms with E-state index < -0.39 is 48.7 Å². The summed E-state index contributed by atoms with van der Waals surface area (Å²) >= 11 is 0. The zero-order valence-electron chi connectivity index (χ0n) is 15.7. The van der Waals surface area contributed by atoms with Crippen LogP contribution in [0.15, 0.2) is 30.9 Å². The number of imidazole rings is 1. The minimum Gasteiger partial charge on any atom is -0.394 e. The molecule has 1 aromatic carbocycles. The van der Waals surface area contributed by atoms with E-state index in [1.54, 1.807) is 0 Å². The molecule has 0 bridgehead atoms. The van der Waals surface area contributed by atoms with Gasteiger partial charge in [-0.1, -0.05) is 6.07 Å². The summed E-state index contributed by atoms with van der Waals surface area (Å²) in [6.07, 6.45) is -7.11. The Morgan fingerprint density at radius 3 is 2.58 bits per heavy atom. The lowest BCUT2D eigenvalue weighted by molar-refractivity contribution is -0.138. The summed E-state index contributed by atoms with van der Waals surface area (Å²) in [6.45, 7) is -0.829. The number of anilines is 1. The predicted octanol–water partition coefficient (Wildman–Crippen LogP) is 1.21. The van der Waals surface area contributed by atoms with E-state index in [2.05, 4.69) is 20.3 Å². The highest BCUT2D eigenvalue weighted by molar-refractivity contribution is 5.82. The number of hydrogen-bond acceptors (Lipinski definition) is 8. The maximum atomic E-state index is 13.3. The number of rotatable bonds is 5. The van der Waals surface area contributed by atoms with Crippen LogP contribution in [0.3, 0.4) is 0 Å². The second-order valence-electron chi connectivity index (χ2n) is 6.93. The zero-order valence-corrected chi connectivity index (χ0v) is 15.7. The van der Waals surface area contributed by atoms with Crippen LogP contribution in [0.2, 0.25) is 0 Å². The first-order valence-electron chi connectivity index (χ1n) is 9.10. The molecule has 1 saturated heterocycles. The van der Waals surface area contributed by atoms with Gasteiger partial charge in [0.2, 0.25) is 0 Å². The predicted molar refractivity (Wildman–Crippen MR) is 97.1 cm³/mol. The molecule has 0 saturated carbocycles. The number of nitrogens with one attached hydrogen (secondary N) is 1. The van der Waals surface area contributed by atoms with Crippen molar-refractivity contribution in [2.45, 2.75) is 37.3 Å². The summed E-state index contributed by atoms with van der Waals surface area (Å²) in [6, 6.07) is 2.38. The molecule has 3 heterocycles. The summed E-state index contributed by atoms with van der Waals surface area (Å²) in [4.78, 5) is 12.2. The van der Waals surface area contributed by atoms with Crippen LogP contribution in [0.5, 0.6) is 0 Å². The topological polar surface area (TPSA) is 126 Å². The number of hydrogen-bond donors (Lipinski definition) is 4. The quantitative estimate of drug-likeness (QED) is 0.434. The lowest BCUT2D eigenvalue weighted by Gasteiger charge is -2.16. The van der Waals surface area contributed by atoms with Crippen molar-refractivity contribution in [1.82, 2.24) is 19.5 Å². The molecule has 0 amide bonds. The Hall–Kier alpha value is -2.87. The van der Waals surface area contributed by atoms with Crippen LogP contribution in [0, 0.1) is 5.82 Å². The molecule has 3 aromatic rings. The van der Waals surface area contributed by atoms with Crippen LogP contribution in [0.4, 0.5) is 23.4 Å². The van der Waals surface area contributed by atoms with Crippen LogP contribution in [-0.4, -0.2) is 59.8 Å². The monoisotopic (exact) mass is 443 g/mol. The van der Waals surface area contributed by atoms with Gasteiger partial charge in [-0.15, -0.1) is 0 Å². The van der Waals surface area contributed by atoms with E-state index in [0.717, 1.165) is 18.5 Å². The van der Waals surface area contributed by atoms with Crippen molar-refractivity contribution in [3.8, 4) is 0 Å². The first-order valence-corrected chi connectivity index (χ1v) is 9.10. The van der Waals surface area contributed by atoms with Gasteiger partial charge >= 0.3 is 6.18 Å². The van der Waals surface area contributed by atoms with Crippen molar-refractivity contribution in [2.75, 3.05) is 11.9 Å². The number of nitrogens with zero attached hydrogens (tertiary/aromatic N) is 4. The van der Waals surface area contributed by atoms with Crippen molar-refractivity contribution in [1.29, 1.82) is 0 Å².